The van der Waals surface area contributed by atoms with Crippen LogP contribution in [-0.2, 0) is 9.53 Å². The summed E-state index contributed by atoms with van der Waals surface area (Å²) < 4.78 is 10.3. The number of amides is 2. The molecule has 10 nitrogen and oxygen atoms in total. The Morgan fingerprint density at radius 1 is 1.15 bits per heavy atom. The minimum absolute atomic E-state index is 0.144. The van der Waals surface area contributed by atoms with E-state index in [1.54, 1.807) is 24.3 Å². The molecule has 2 heterocycles. The number of hydrogen-bond donors (Lipinski definition) is 3. The summed E-state index contributed by atoms with van der Waals surface area (Å²) in [5, 5.41) is 19.1. The van der Waals surface area contributed by atoms with E-state index in [4.69, 9.17) is 9.15 Å². The highest BCUT2D eigenvalue weighted by Crippen LogP contribution is 2.19. The van der Waals surface area contributed by atoms with E-state index in [2.05, 4.69) is 16.0 Å². The van der Waals surface area contributed by atoms with Gasteiger partial charge in [-0.3, -0.25) is 19.7 Å². The quantitative estimate of drug-likeness (QED) is 0.518. The minimum Gasteiger partial charge on any atom is -0.395 e. The fraction of sp³-hybridized carbons (Fsp3) is 0.294. The van der Waals surface area contributed by atoms with Gasteiger partial charge in [-0.15, -0.1) is 0 Å². The SMILES string of the molecule is O=C(CC1CNCCO1)Nc1ccc(NC(=O)c2ccc([N+](=O)[O-])o2)cc1. The van der Waals surface area contributed by atoms with Gasteiger partial charge in [-0.25, -0.2) is 0 Å². The molecule has 1 unspecified atom stereocenters. The summed E-state index contributed by atoms with van der Waals surface area (Å²) in [6, 6.07) is 8.81. The molecule has 27 heavy (non-hydrogen) atoms. The standard InChI is InChI=1S/C17H18N4O6/c22-15(9-13-10-18-7-8-26-13)19-11-1-3-12(4-2-11)20-17(23)14-5-6-16(27-14)21(24)25/h1-6,13,18H,7-10H2,(H,19,22)(H,20,23). The summed E-state index contributed by atoms with van der Waals surface area (Å²) >= 11 is 0. The highest BCUT2D eigenvalue weighted by molar-refractivity contribution is 6.02. The number of carbonyl (C=O) groups excluding carboxylic acids is 2. The second-order valence-electron chi connectivity index (χ2n) is 5.88. The van der Waals surface area contributed by atoms with E-state index in [9.17, 15) is 19.7 Å². The van der Waals surface area contributed by atoms with Gasteiger partial charge in [0, 0.05) is 24.5 Å². The van der Waals surface area contributed by atoms with Crippen molar-refractivity contribution >= 4 is 29.1 Å². The van der Waals surface area contributed by atoms with Crippen molar-refractivity contribution in [1.29, 1.82) is 0 Å². The number of nitro groups is 1. The lowest BCUT2D eigenvalue weighted by Gasteiger charge is -2.23. The maximum absolute atomic E-state index is 12.0. The van der Waals surface area contributed by atoms with Crippen LogP contribution >= 0.6 is 0 Å². The van der Waals surface area contributed by atoms with Crippen LogP contribution in [0.4, 0.5) is 17.3 Å². The minimum atomic E-state index is -0.720. The van der Waals surface area contributed by atoms with Gasteiger partial charge in [0.1, 0.15) is 4.92 Å². The molecule has 0 saturated carbocycles. The number of ether oxygens (including phenoxy) is 1. The maximum atomic E-state index is 12.0. The molecule has 1 aromatic heterocycles. The number of furan rings is 1. The molecular formula is C17H18N4O6. The third kappa shape index (κ3) is 5.12. The van der Waals surface area contributed by atoms with Crippen molar-refractivity contribution in [2.24, 2.45) is 0 Å². The van der Waals surface area contributed by atoms with E-state index < -0.39 is 16.7 Å². The molecule has 1 aliphatic rings. The Hall–Kier alpha value is -3.24. The molecule has 1 atom stereocenters. The number of anilines is 2. The average Bonchev–Trinajstić information content (AvgIpc) is 3.15. The van der Waals surface area contributed by atoms with Crippen LogP contribution in [0.15, 0.2) is 40.8 Å². The number of carbonyl (C=O) groups is 2. The van der Waals surface area contributed by atoms with Crippen molar-refractivity contribution in [3.8, 4) is 0 Å². The highest BCUT2D eigenvalue weighted by Gasteiger charge is 2.18. The molecule has 2 aromatic rings. The van der Waals surface area contributed by atoms with Crippen LogP contribution < -0.4 is 16.0 Å². The van der Waals surface area contributed by atoms with Crippen molar-refractivity contribution in [3.05, 3.63) is 52.3 Å². The first-order chi connectivity index (χ1) is 13.0. The van der Waals surface area contributed by atoms with Gasteiger partial charge < -0.3 is 25.1 Å². The topological polar surface area (TPSA) is 136 Å². The van der Waals surface area contributed by atoms with E-state index in [1.807, 2.05) is 0 Å². The maximum Gasteiger partial charge on any atom is 0.433 e. The monoisotopic (exact) mass is 374 g/mol. The fourth-order valence-corrected chi connectivity index (χ4v) is 2.55. The van der Waals surface area contributed by atoms with Gasteiger partial charge in [0.05, 0.1) is 25.2 Å². The fourth-order valence-electron chi connectivity index (χ4n) is 2.55. The van der Waals surface area contributed by atoms with Crippen molar-refractivity contribution in [2.75, 3.05) is 30.3 Å². The van der Waals surface area contributed by atoms with Gasteiger partial charge >= 0.3 is 5.88 Å². The Morgan fingerprint density at radius 3 is 2.44 bits per heavy atom. The molecule has 3 N–H and O–H groups in total. The molecule has 0 bridgehead atoms. The normalized spacial score (nSPS) is 16.5. The molecule has 0 radical (unpaired) electrons. The van der Waals surface area contributed by atoms with Gasteiger partial charge in [0.25, 0.3) is 5.91 Å². The third-order valence-electron chi connectivity index (χ3n) is 3.84. The summed E-state index contributed by atoms with van der Waals surface area (Å²) in [6.07, 6.45) is 0.109. The lowest BCUT2D eigenvalue weighted by molar-refractivity contribution is -0.402. The molecule has 3 rings (SSSR count). The molecule has 1 saturated heterocycles. The van der Waals surface area contributed by atoms with Crippen LogP contribution in [0.25, 0.3) is 0 Å². The summed E-state index contributed by atoms with van der Waals surface area (Å²) in [7, 11) is 0. The zero-order valence-corrected chi connectivity index (χ0v) is 14.3. The second-order valence-corrected chi connectivity index (χ2v) is 5.88. The van der Waals surface area contributed by atoms with Crippen LogP contribution in [0.1, 0.15) is 17.0 Å². The van der Waals surface area contributed by atoms with E-state index in [1.165, 1.54) is 6.07 Å². The number of nitrogens with one attached hydrogen (secondary N) is 3. The molecular weight excluding hydrogens is 356 g/mol. The van der Waals surface area contributed by atoms with Gasteiger partial charge in [-0.2, -0.15) is 0 Å². The van der Waals surface area contributed by atoms with Crippen molar-refractivity contribution in [3.63, 3.8) is 0 Å². The molecule has 2 amide bonds. The summed E-state index contributed by atoms with van der Waals surface area (Å²) in [5.74, 6) is -1.44. The average molecular weight is 374 g/mol. The number of rotatable bonds is 6. The Labute approximate surface area is 154 Å². The van der Waals surface area contributed by atoms with Gasteiger partial charge in [-0.05, 0) is 30.3 Å². The molecule has 0 aliphatic carbocycles. The molecule has 1 fully saturated rings. The molecule has 1 aliphatic heterocycles. The van der Waals surface area contributed by atoms with E-state index in [0.717, 1.165) is 12.6 Å². The number of nitrogens with zero attached hydrogens (tertiary/aromatic N) is 1. The van der Waals surface area contributed by atoms with Crippen molar-refractivity contribution < 1.29 is 23.7 Å². The summed E-state index contributed by atoms with van der Waals surface area (Å²) in [6.45, 7) is 2.02. The zero-order valence-electron chi connectivity index (χ0n) is 14.3. The Bertz CT molecular complexity index is 826. The Morgan fingerprint density at radius 2 is 1.85 bits per heavy atom. The van der Waals surface area contributed by atoms with E-state index >= 15 is 0 Å². The van der Waals surface area contributed by atoms with Gasteiger partial charge in [-0.1, -0.05) is 0 Å². The lowest BCUT2D eigenvalue weighted by atomic mass is 10.2. The molecule has 1 aromatic carbocycles. The summed E-state index contributed by atoms with van der Waals surface area (Å²) in [4.78, 5) is 33.9. The zero-order chi connectivity index (χ0) is 19.2. The molecule has 10 heteroatoms. The number of hydrogen-bond acceptors (Lipinski definition) is 7. The van der Waals surface area contributed by atoms with Crippen LogP contribution in [0, 0.1) is 10.1 Å². The van der Waals surface area contributed by atoms with Gasteiger partial charge in [0.2, 0.25) is 5.91 Å². The smallest absolute Gasteiger partial charge is 0.395 e. The van der Waals surface area contributed by atoms with E-state index in [-0.39, 0.29) is 24.2 Å². The Kier molecular flexibility index (Phi) is 5.79. The molecule has 0 spiro atoms. The van der Waals surface area contributed by atoms with Gasteiger partial charge in [0.15, 0.2) is 5.76 Å². The first-order valence-corrected chi connectivity index (χ1v) is 8.29. The number of benzene rings is 1. The largest absolute Gasteiger partial charge is 0.433 e. The van der Waals surface area contributed by atoms with Crippen LogP contribution in [0.5, 0.6) is 0 Å². The predicted octanol–water partition coefficient (Wildman–Crippen LogP) is 1.76. The predicted molar refractivity (Wildman–Crippen MR) is 95.6 cm³/mol. The third-order valence-corrected chi connectivity index (χ3v) is 3.84. The Balaban J connectivity index is 1.52. The first-order valence-electron chi connectivity index (χ1n) is 8.29. The van der Waals surface area contributed by atoms with Crippen LogP contribution in [0.2, 0.25) is 0 Å². The number of morpholine rings is 1. The molecule has 142 valence electrons. The lowest BCUT2D eigenvalue weighted by Crippen LogP contribution is -2.40. The summed E-state index contributed by atoms with van der Waals surface area (Å²) in [5.41, 5.74) is 1.03. The van der Waals surface area contributed by atoms with Crippen LogP contribution in [0.3, 0.4) is 0 Å². The first kappa shape index (κ1) is 18.5. The highest BCUT2D eigenvalue weighted by atomic mass is 16.6. The van der Waals surface area contributed by atoms with Crippen molar-refractivity contribution in [2.45, 2.75) is 12.5 Å². The van der Waals surface area contributed by atoms with E-state index in [0.29, 0.717) is 24.5 Å². The van der Waals surface area contributed by atoms with Crippen molar-refractivity contribution in [1.82, 2.24) is 5.32 Å². The van der Waals surface area contributed by atoms with Crippen LogP contribution in [-0.4, -0.2) is 42.5 Å². The second kappa shape index (κ2) is 8.43.